The number of carbonyl (C=O) groups is 1. The van der Waals surface area contributed by atoms with E-state index in [0.29, 0.717) is 18.8 Å². The van der Waals surface area contributed by atoms with Crippen molar-refractivity contribution >= 4 is 17.4 Å². The highest BCUT2D eigenvalue weighted by molar-refractivity contribution is 5.95. The van der Waals surface area contributed by atoms with E-state index in [4.69, 9.17) is 10.1 Å². The number of fused-ring (bicyclic) bond motifs is 3. The maximum absolute atomic E-state index is 11.5. The second-order valence-electron chi connectivity index (χ2n) is 5.53. The minimum Gasteiger partial charge on any atom is -0.488 e. The summed E-state index contributed by atoms with van der Waals surface area (Å²) in [5.74, 6) is 1.48. The third-order valence-electron chi connectivity index (χ3n) is 3.85. The Hall–Kier alpha value is -2.04. The fourth-order valence-electron chi connectivity index (χ4n) is 2.93. The summed E-state index contributed by atoms with van der Waals surface area (Å²) >= 11 is 0. The predicted octanol–water partition coefficient (Wildman–Crippen LogP) is 1.77. The lowest BCUT2D eigenvalue weighted by Crippen LogP contribution is -2.32. The summed E-state index contributed by atoms with van der Waals surface area (Å²) in [6.07, 6.45) is 2.19. The summed E-state index contributed by atoms with van der Waals surface area (Å²) in [4.78, 5) is 11.5. The van der Waals surface area contributed by atoms with Gasteiger partial charge in [-0.3, -0.25) is 10.2 Å². The van der Waals surface area contributed by atoms with Crippen molar-refractivity contribution in [3.63, 3.8) is 0 Å². The van der Waals surface area contributed by atoms with Crippen molar-refractivity contribution in [1.29, 1.82) is 5.41 Å². The lowest BCUT2D eigenvalue weighted by molar-refractivity contribution is -0.116. The van der Waals surface area contributed by atoms with E-state index >= 15 is 0 Å². The van der Waals surface area contributed by atoms with E-state index in [9.17, 15) is 4.79 Å². The third-order valence-corrected chi connectivity index (χ3v) is 3.85. The number of hydrogen-bond acceptors (Lipinski definition) is 3. The lowest BCUT2D eigenvalue weighted by atomic mass is 9.94. The van der Waals surface area contributed by atoms with E-state index in [1.165, 1.54) is 5.56 Å². The van der Waals surface area contributed by atoms with Gasteiger partial charge in [-0.05, 0) is 31.4 Å². The Morgan fingerprint density at radius 1 is 1.55 bits per heavy atom. The summed E-state index contributed by atoms with van der Waals surface area (Å²) in [6.45, 7) is 4.39. The van der Waals surface area contributed by atoms with Crippen molar-refractivity contribution in [1.82, 2.24) is 5.32 Å². The first-order chi connectivity index (χ1) is 9.54. The zero-order valence-electron chi connectivity index (χ0n) is 11.8. The average Bonchev–Trinajstić information content (AvgIpc) is 2.79. The van der Waals surface area contributed by atoms with Crippen LogP contribution in [0, 0.1) is 12.3 Å². The van der Waals surface area contributed by atoms with Crippen LogP contribution in [-0.4, -0.2) is 24.4 Å². The van der Waals surface area contributed by atoms with Crippen LogP contribution in [0.15, 0.2) is 6.07 Å². The first-order valence-corrected chi connectivity index (χ1v) is 6.95. The molecule has 0 spiro atoms. The number of amides is 1. The zero-order chi connectivity index (χ0) is 14.3. The van der Waals surface area contributed by atoms with E-state index in [1.807, 2.05) is 6.92 Å². The normalized spacial score (nSPS) is 19.7. The molecule has 2 aliphatic rings. The molecule has 1 amide bonds. The van der Waals surface area contributed by atoms with Gasteiger partial charge in [0.15, 0.2) is 0 Å². The molecule has 1 atom stereocenters. The highest BCUT2D eigenvalue weighted by atomic mass is 16.5. The van der Waals surface area contributed by atoms with Gasteiger partial charge in [-0.25, -0.2) is 0 Å². The Morgan fingerprint density at radius 2 is 2.35 bits per heavy atom. The fourth-order valence-corrected chi connectivity index (χ4v) is 2.93. The molecule has 3 N–H and O–H groups in total. The summed E-state index contributed by atoms with van der Waals surface area (Å²) in [5.41, 5.74) is 4.38. The molecule has 0 saturated carbocycles. The van der Waals surface area contributed by atoms with Crippen LogP contribution >= 0.6 is 0 Å². The van der Waals surface area contributed by atoms with Crippen LogP contribution < -0.4 is 15.4 Å². The first-order valence-electron chi connectivity index (χ1n) is 6.95. The number of aryl methyl sites for hydroxylation is 1. The molecule has 5 nitrogen and oxygen atoms in total. The van der Waals surface area contributed by atoms with E-state index in [-0.39, 0.29) is 12.0 Å². The van der Waals surface area contributed by atoms with Crippen LogP contribution in [0.4, 0.5) is 5.69 Å². The Morgan fingerprint density at radius 3 is 3.10 bits per heavy atom. The zero-order valence-corrected chi connectivity index (χ0v) is 11.8. The number of anilines is 1. The van der Waals surface area contributed by atoms with E-state index in [0.717, 1.165) is 35.4 Å². The highest BCUT2D eigenvalue weighted by Crippen LogP contribution is 2.41. The number of ether oxygens (including phenoxy) is 1. The molecule has 106 valence electrons. The predicted molar refractivity (Wildman–Crippen MR) is 77.7 cm³/mol. The SMILES string of the molecule is CC(=N)NCC1Cc2cc(C)c3c(c2O1)CCC(=O)N3. The smallest absolute Gasteiger partial charge is 0.224 e. The van der Waals surface area contributed by atoms with Crippen molar-refractivity contribution in [3.8, 4) is 5.75 Å². The summed E-state index contributed by atoms with van der Waals surface area (Å²) in [5, 5.41) is 13.4. The fraction of sp³-hybridized carbons (Fsp3) is 0.467. The van der Waals surface area contributed by atoms with Gasteiger partial charge in [-0.1, -0.05) is 6.07 Å². The molecule has 0 radical (unpaired) electrons. The van der Waals surface area contributed by atoms with Crippen LogP contribution in [0.2, 0.25) is 0 Å². The van der Waals surface area contributed by atoms with E-state index < -0.39 is 0 Å². The number of benzene rings is 1. The molecule has 2 aliphatic heterocycles. The van der Waals surface area contributed by atoms with Crippen LogP contribution in [0.3, 0.4) is 0 Å². The highest BCUT2D eigenvalue weighted by Gasteiger charge is 2.30. The Labute approximate surface area is 118 Å². The molecule has 5 heteroatoms. The molecule has 0 saturated heterocycles. The number of hydrogen-bond donors (Lipinski definition) is 3. The molecule has 0 bridgehead atoms. The van der Waals surface area contributed by atoms with Crippen molar-refractivity contribution < 1.29 is 9.53 Å². The van der Waals surface area contributed by atoms with E-state index in [1.54, 1.807) is 6.92 Å². The number of carbonyl (C=O) groups excluding carboxylic acids is 1. The molecular weight excluding hydrogens is 254 g/mol. The largest absolute Gasteiger partial charge is 0.488 e. The topological polar surface area (TPSA) is 74.2 Å². The van der Waals surface area contributed by atoms with Gasteiger partial charge in [0.1, 0.15) is 11.9 Å². The van der Waals surface area contributed by atoms with Gasteiger partial charge in [0.05, 0.1) is 18.1 Å². The van der Waals surface area contributed by atoms with Gasteiger partial charge < -0.3 is 15.4 Å². The van der Waals surface area contributed by atoms with Gasteiger partial charge in [-0.15, -0.1) is 0 Å². The van der Waals surface area contributed by atoms with Crippen molar-refractivity contribution in [2.45, 2.75) is 39.2 Å². The molecule has 0 aliphatic carbocycles. The number of amidine groups is 1. The quantitative estimate of drug-likeness (QED) is 0.568. The molecule has 1 aromatic rings. The Balaban J connectivity index is 1.87. The molecule has 1 unspecified atom stereocenters. The van der Waals surface area contributed by atoms with Gasteiger partial charge >= 0.3 is 0 Å². The van der Waals surface area contributed by atoms with Crippen LogP contribution in [-0.2, 0) is 17.6 Å². The lowest BCUT2D eigenvalue weighted by Gasteiger charge is -2.22. The molecule has 20 heavy (non-hydrogen) atoms. The molecular formula is C15H19N3O2. The number of nitrogens with one attached hydrogen (secondary N) is 3. The van der Waals surface area contributed by atoms with E-state index in [2.05, 4.69) is 16.7 Å². The molecule has 0 fully saturated rings. The molecule has 0 aromatic heterocycles. The second-order valence-corrected chi connectivity index (χ2v) is 5.53. The summed E-state index contributed by atoms with van der Waals surface area (Å²) in [7, 11) is 0. The Bertz CT molecular complexity index is 595. The second kappa shape index (κ2) is 4.81. The maximum Gasteiger partial charge on any atom is 0.224 e. The van der Waals surface area contributed by atoms with Crippen LogP contribution in [0.25, 0.3) is 0 Å². The minimum atomic E-state index is 0.0637. The monoisotopic (exact) mass is 273 g/mol. The van der Waals surface area contributed by atoms with Gasteiger partial charge in [-0.2, -0.15) is 0 Å². The standard InChI is InChI=1S/C15H19N3O2/c1-8-5-10-6-11(7-17-9(2)16)20-15(10)12-3-4-13(19)18-14(8)12/h5,11H,3-4,6-7H2,1-2H3,(H2,16,17)(H,18,19). The number of rotatable bonds is 2. The van der Waals surface area contributed by atoms with Crippen LogP contribution in [0.5, 0.6) is 5.75 Å². The molecule has 1 aromatic carbocycles. The third kappa shape index (κ3) is 2.24. The summed E-state index contributed by atoms with van der Waals surface area (Å²) < 4.78 is 6.04. The Kier molecular flexibility index (Phi) is 3.12. The van der Waals surface area contributed by atoms with Crippen LogP contribution in [0.1, 0.15) is 30.0 Å². The average molecular weight is 273 g/mol. The first kappa shape index (κ1) is 13.0. The maximum atomic E-state index is 11.5. The van der Waals surface area contributed by atoms with Crippen molar-refractivity contribution in [3.05, 3.63) is 22.8 Å². The minimum absolute atomic E-state index is 0.0637. The van der Waals surface area contributed by atoms with Crippen molar-refractivity contribution in [2.24, 2.45) is 0 Å². The molecule has 3 rings (SSSR count). The van der Waals surface area contributed by atoms with Gasteiger partial charge in [0.2, 0.25) is 5.91 Å². The van der Waals surface area contributed by atoms with Gasteiger partial charge in [0, 0.05) is 18.4 Å². The molecule has 2 heterocycles. The van der Waals surface area contributed by atoms with Crippen molar-refractivity contribution in [2.75, 3.05) is 11.9 Å². The van der Waals surface area contributed by atoms with Gasteiger partial charge in [0.25, 0.3) is 0 Å². The summed E-state index contributed by atoms with van der Waals surface area (Å²) in [6, 6.07) is 2.11.